The van der Waals surface area contributed by atoms with Crippen molar-refractivity contribution < 1.29 is 14.4 Å². The van der Waals surface area contributed by atoms with Crippen molar-refractivity contribution in [2.75, 3.05) is 0 Å². The predicted octanol–water partition coefficient (Wildman–Crippen LogP) is 1.84. The average molecular weight is 270 g/mol. The fourth-order valence-electron chi connectivity index (χ4n) is 1.86. The van der Waals surface area contributed by atoms with Crippen molar-refractivity contribution in [1.29, 1.82) is 0 Å². The molecule has 7 heteroatoms. The van der Waals surface area contributed by atoms with Crippen LogP contribution < -0.4 is 0 Å². The number of benzene rings is 1. The molecule has 0 atom stereocenters. The molecular weight excluding hydrogens is 260 g/mol. The smallest absolute Gasteiger partial charge is 0.336 e. The number of aromatic nitrogens is 4. The van der Waals surface area contributed by atoms with Crippen molar-refractivity contribution in [3.8, 4) is 23.1 Å². The van der Waals surface area contributed by atoms with Gasteiger partial charge in [-0.15, -0.1) is 0 Å². The number of rotatable bonds is 3. The van der Waals surface area contributed by atoms with Gasteiger partial charge in [0.15, 0.2) is 5.82 Å². The van der Waals surface area contributed by atoms with Gasteiger partial charge in [-0.25, -0.2) is 9.78 Å². The summed E-state index contributed by atoms with van der Waals surface area (Å²) in [5, 5.41) is 13.0. The van der Waals surface area contributed by atoms with E-state index in [1.54, 1.807) is 35.2 Å². The summed E-state index contributed by atoms with van der Waals surface area (Å²) in [4.78, 5) is 19.5. The van der Waals surface area contributed by atoms with Gasteiger partial charge in [0.2, 0.25) is 5.82 Å². The van der Waals surface area contributed by atoms with Crippen LogP contribution in [0.15, 0.2) is 41.2 Å². The van der Waals surface area contributed by atoms with Crippen molar-refractivity contribution >= 4 is 5.97 Å². The van der Waals surface area contributed by atoms with Gasteiger partial charge in [0.05, 0.1) is 11.1 Å². The van der Waals surface area contributed by atoms with E-state index in [2.05, 4.69) is 15.1 Å². The topological polar surface area (TPSA) is 94.0 Å². The number of nitrogens with zero attached hydrogens (tertiary/aromatic N) is 4. The Morgan fingerprint density at radius 3 is 2.85 bits per heavy atom. The van der Waals surface area contributed by atoms with Gasteiger partial charge in [-0.2, -0.15) is 4.98 Å². The Hall–Kier alpha value is -2.96. The second kappa shape index (κ2) is 4.61. The molecule has 100 valence electrons. The van der Waals surface area contributed by atoms with E-state index in [0.717, 1.165) is 0 Å². The fraction of sp³-hybridized carbons (Fsp3) is 0.0769. The van der Waals surface area contributed by atoms with E-state index >= 15 is 0 Å². The molecule has 7 nitrogen and oxygen atoms in total. The molecule has 0 saturated carbocycles. The van der Waals surface area contributed by atoms with Crippen molar-refractivity contribution in [3.05, 3.63) is 42.2 Å². The molecule has 1 N–H and O–H groups in total. The first kappa shape index (κ1) is 12.1. The zero-order valence-electron chi connectivity index (χ0n) is 10.5. The quantitative estimate of drug-likeness (QED) is 0.780. The van der Waals surface area contributed by atoms with Gasteiger partial charge in [0.1, 0.15) is 0 Å². The molecule has 0 spiro atoms. The van der Waals surface area contributed by atoms with Crippen LogP contribution >= 0.6 is 0 Å². The highest BCUT2D eigenvalue weighted by molar-refractivity contribution is 5.94. The number of hydrogen-bond donors (Lipinski definition) is 1. The highest BCUT2D eigenvalue weighted by Crippen LogP contribution is 2.24. The zero-order chi connectivity index (χ0) is 14.1. The fourth-order valence-corrected chi connectivity index (χ4v) is 1.86. The Bertz CT molecular complexity index is 775. The lowest BCUT2D eigenvalue weighted by atomic mass is 10.1. The summed E-state index contributed by atoms with van der Waals surface area (Å²) in [5.41, 5.74) is 0.496. The van der Waals surface area contributed by atoms with Crippen molar-refractivity contribution in [2.45, 2.75) is 0 Å². The molecule has 0 aliphatic carbocycles. The molecule has 0 bridgehead atoms. The van der Waals surface area contributed by atoms with Crippen LogP contribution in [0.5, 0.6) is 0 Å². The summed E-state index contributed by atoms with van der Waals surface area (Å²) < 4.78 is 6.89. The first-order chi connectivity index (χ1) is 9.66. The van der Waals surface area contributed by atoms with E-state index in [4.69, 9.17) is 9.63 Å². The van der Waals surface area contributed by atoms with Crippen LogP contribution in [0.2, 0.25) is 0 Å². The SMILES string of the molecule is Cn1ccnc1-c1noc(-c2ccccc2C(=O)O)n1. The summed E-state index contributed by atoms with van der Waals surface area (Å²) in [6.07, 6.45) is 3.38. The van der Waals surface area contributed by atoms with Gasteiger partial charge in [0, 0.05) is 19.4 Å². The van der Waals surface area contributed by atoms with Crippen LogP contribution in [-0.2, 0) is 7.05 Å². The molecule has 0 fully saturated rings. The van der Waals surface area contributed by atoms with Crippen molar-refractivity contribution in [3.63, 3.8) is 0 Å². The van der Waals surface area contributed by atoms with E-state index in [9.17, 15) is 4.79 Å². The minimum atomic E-state index is -1.04. The Morgan fingerprint density at radius 1 is 1.35 bits per heavy atom. The molecule has 20 heavy (non-hydrogen) atoms. The van der Waals surface area contributed by atoms with Gasteiger partial charge in [0.25, 0.3) is 5.89 Å². The van der Waals surface area contributed by atoms with Crippen LogP contribution in [0.4, 0.5) is 0 Å². The molecule has 0 unspecified atom stereocenters. The molecule has 0 aliphatic heterocycles. The lowest BCUT2D eigenvalue weighted by Gasteiger charge is -1.99. The van der Waals surface area contributed by atoms with Crippen molar-refractivity contribution in [2.24, 2.45) is 7.05 Å². The first-order valence-corrected chi connectivity index (χ1v) is 5.81. The summed E-state index contributed by atoms with van der Waals surface area (Å²) in [6, 6.07) is 6.47. The molecule has 0 amide bonds. The van der Waals surface area contributed by atoms with Crippen molar-refractivity contribution in [1.82, 2.24) is 19.7 Å². The van der Waals surface area contributed by atoms with Gasteiger partial charge >= 0.3 is 5.97 Å². The Balaban J connectivity index is 2.07. The maximum Gasteiger partial charge on any atom is 0.336 e. The van der Waals surface area contributed by atoms with E-state index in [1.165, 1.54) is 6.07 Å². The standard InChI is InChI=1S/C13H10N4O3/c1-17-7-6-14-11(17)10-15-12(20-16-10)8-4-2-3-5-9(8)13(18)19/h2-7H,1H3,(H,18,19). The summed E-state index contributed by atoms with van der Waals surface area (Å²) in [7, 11) is 1.81. The van der Waals surface area contributed by atoms with Crippen LogP contribution in [0, 0.1) is 0 Å². The highest BCUT2D eigenvalue weighted by Gasteiger charge is 2.18. The monoisotopic (exact) mass is 270 g/mol. The van der Waals surface area contributed by atoms with Crippen LogP contribution in [-0.4, -0.2) is 30.8 Å². The van der Waals surface area contributed by atoms with E-state index in [1.807, 2.05) is 7.05 Å². The third-order valence-corrected chi connectivity index (χ3v) is 2.84. The summed E-state index contributed by atoms with van der Waals surface area (Å²) in [6.45, 7) is 0. The van der Waals surface area contributed by atoms with Gasteiger partial charge < -0.3 is 14.2 Å². The van der Waals surface area contributed by atoms with Gasteiger partial charge in [-0.1, -0.05) is 17.3 Å². The Morgan fingerprint density at radius 2 is 2.15 bits per heavy atom. The van der Waals surface area contributed by atoms with E-state index in [-0.39, 0.29) is 11.5 Å². The highest BCUT2D eigenvalue weighted by atomic mass is 16.5. The lowest BCUT2D eigenvalue weighted by Crippen LogP contribution is -1.99. The second-order valence-electron chi connectivity index (χ2n) is 4.14. The minimum Gasteiger partial charge on any atom is -0.478 e. The van der Waals surface area contributed by atoms with E-state index < -0.39 is 5.97 Å². The first-order valence-electron chi connectivity index (χ1n) is 5.81. The molecule has 0 saturated heterocycles. The number of aryl methyl sites for hydroxylation is 1. The second-order valence-corrected chi connectivity index (χ2v) is 4.14. The Kier molecular flexibility index (Phi) is 2.79. The zero-order valence-corrected chi connectivity index (χ0v) is 10.5. The number of imidazole rings is 1. The number of hydrogen-bond acceptors (Lipinski definition) is 5. The number of aromatic carboxylic acids is 1. The number of carboxylic acids is 1. The molecule has 2 aromatic heterocycles. The largest absolute Gasteiger partial charge is 0.478 e. The van der Waals surface area contributed by atoms with Gasteiger partial charge in [-0.3, -0.25) is 0 Å². The van der Waals surface area contributed by atoms with Crippen LogP contribution in [0.1, 0.15) is 10.4 Å². The summed E-state index contributed by atoms with van der Waals surface area (Å²) in [5.74, 6) is -0.0289. The van der Waals surface area contributed by atoms with E-state index in [0.29, 0.717) is 17.2 Å². The maximum absolute atomic E-state index is 11.2. The molecular formula is C13H10N4O3. The molecule has 3 aromatic rings. The maximum atomic E-state index is 11.2. The normalized spacial score (nSPS) is 10.7. The third-order valence-electron chi connectivity index (χ3n) is 2.84. The molecule has 0 aliphatic rings. The molecule has 0 radical (unpaired) electrons. The predicted molar refractivity (Wildman–Crippen MR) is 68.9 cm³/mol. The lowest BCUT2D eigenvalue weighted by molar-refractivity contribution is 0.0697. The number of carbonyl (C=O) groups is 1. The van der Waals surface area contributed by atoms with Crippen LogP contribution in [0.3, 0.4) is 0 Å². The molecule has 2 heterocycles. The van der Waals surface area contributed by atoms with Gasteiger partial charge in [-0.05, 0) is 12.1 Å². The number of carboxylic acid groups (broad SMARTS) is 1. The third kappa shape index (κ3) is 1.95. The van der Waals surface area contributed by atoms with Crippen LogP contribution in [0.25, 0.3) is 23.1 Å². The Labute approximate surface area is 113 Å². The molecule has 1 aromatic carbocycles. The average Bonchev–Trinajstić information content (AvgIpc) is 3.07. The molecule has 3 rings (SSSR count). The summed E-state index contributed by atoms with van der Waals surface area (Å²) >= 11 is 0. The minimum absolute atomic E-state index is 0.113.